The average Bonchev–Trinajstić information content (AvgIpc) is 2.06. The van der Waals surface area contributed by atoms with E-state index in [1.807, 2.05) is 0 Å². The summed E-state index contributed by atoms with van der Waals surface area (Å²) in [6, 6.07) is 2.81. The van der Waals surface area contributed by atoms with Gasteiger partial charge in [-0.25, -0.2) is 0 Å². The second kappa shape index (κ2) is 3.17. The fraction of sp³-hybridized carbons (Fsp3) is 0.111. The van der Waals surface area contributed by atoms with Gasteiger partial charge in [-0.15, -0.1) is 0 Å². The fourth-order valence-electron chi connectivity index (χ4n) is 1.01. The number of aldehydes is 2. The first-order valence-electron chi connectivity index (χ1n) is 3.43. The van der Waals surface area contributed by atoms with Crippen LogP contribution in [0.15, 0.2) is 12.1 Å². The summed E-state index contributed by atoms with van der Waals surface area (Å²) >= 11 is 0. The molecule has 12 heavy (non-hydrogen) atoms. The zero-order valence-electron chi connectivity index (χ0n) is 6.57. The summed E-state index contributed by atoms with van der Waals surface area (Å²) in [4.78, 5) is 20.8. The lowest BCUT2D eigenvalue weighted by atomic mass is 10.0. The van der Waals surface area contributed by atoms with E-state index in [1.54, 1.807) is 6.92 Å². The van der Waals surface area contributed by atoms with Crippen LogP contribution in [0.3, 0.4) is 0 Å². The number of hydrogen-bond donors (Lipinski definition) is 1. The number of benzene rings is 1. The van der Waals surface area contributed by atoms with Gasteiger partial charge in [-0.05, 0) is 24.6 Å². The molecule has 3 heteroatoms. The topological polar surface area (TPSA) is 54.4 Å². The highest BCUT2D eigenvalue weighted by molar-refractivity contribution is 5.88. The Labute approximate surface area is 69.6 Å². The highest BCUT2D eigenvalue weighted by Crippen LogP contribution is 2.20. The standard InChI is InChI=1S/C9H8O3/c1-6-7(4-10)2-3-9(12)8(6)5-11/h2-5,12H,1H3. The van der Waals surface area contributed by atoms with E-state index >= 15 is 0 Å². The maximum absolute atomic E-state index is 10.4. The summed E-state index contributed by atoms with van der Waals surface area (Å²) in [5.41, 5.74) is 1.12. The number of phenolic OH excluding ortho intramolecular Hbond substituents is 1. The van der Waals surface area contributed by atoms with Crippen LogP contribution in [0.1, 0.15) is 26.3 Å². The summed E-state index contributed by atoms with van der Waals surface area (Å²) in [6.07, 6.45) is 1.19. The zero-order chi connectivity index (χ0) is 9.14. The van der Waals surface area contributed by atoms with Crippen molar-refractivity contribution in [1.82, 2.24) is 0 Å². The predicted molar refractivity (Wildman–Crippen MR) is 43.6 cm³/mol. The molecule has 0 fully saturated rings. The fourth-order valence-corrected chi connectivity index (χ4v) is 1.01. The van der Waals surface area contributed by atoms with E-state index in [1.165, 1.54) is 12.1 Å². The van der Waals surface area contributed by atoms with E-state index in [4.69, 9.17) is 5.11 Å². The Hall–Kier alpha value is -1.64. The predicted octanol–water partition coefficient (Wildman–Crippen LogP) is 1.33. The minimum absolute atomic E-state index is 0.0897. The van der Waals surface area contributed by atoms with E-state index in [0.717, 1.165) is 0 Å². The van der Waals surface area contributed by atoms with Gasteiger partial charge >= 0.3 is 0 Å². The Morgan fingerprint density at radius 1 is 1.25 bits per heavy atom. The average molecular weight is 164 g/mol. The maximum Gasteiger partial charge on any atom is 0.154 e. The number of carbonyl (C=O) groups is 2. The van der Waals surface area contributed by atoms with Crippen molar-refractivity contribution in [3.05, 3.63) is 28.8 Å². The van der Waals surface area contributed by atoms with Crippen molar-refractivity contribution in [1.29, 1.82) is 0 Å². The van der Waals surface area contributed by atoms with Crippen LogP contribution in [0.25, 0.3) is 0 Å². The molecule has 0 atom stereocenters. The molecule has 1 aromatic rings. The lowest BCUT2D eigenvalue weighted by Crippen LogP contribution is -1.93. The van der Waals surface area contributed by atoms with Crippen molar-refractivity contribution in [2.45, 2.75) is 6.92 Å². The largest absolute Gasteiger partial charge is 0.507 e. The first kappa shape index (κ1) is 8.46. The Morgan fingerprint density at radius 3 is 2.42 bits per heavy atom. The third-order valence-corrected chi connectivity index (χ3v) is 1.78. The van der Waals surface area contributed by atoms with Gasteiger partial charge in [0.15, 0.2) is 6.29 Å². The van der Waals surface area contributed by atoms with Crippen LogP contribution < -0.4 is 0 Å². The molecule has 0 spiro atoms. The van der Waals surface area contributed by atoms with Gasteiger partial charge in [0.1, 0.15) is 12.0 Å². The first-order valence-corrected chi connectivity index (χ1v) is 3.43. The molecule has 3 nitrogen and oxygen atoms in total. The molecule has 1 rings (SSSR count). The van der Waals surface area contributed by atoms with E-state index < -0.39 is 0 Å². The number of carbonyl (C=O) groups excluding carboxylic acids is 2. The molecule has 0 radical (unpaired) electrons. The van der Waals surface area contributed by atoms with Crippen molar-refractivity contribution in [2.75, 3.05) is 0 Å². The smallest absolute Gasteiger partial charge is 0.154 e. The van der Waals surface area contributed by atoms with Crippen molar-refractivity contribution in [3.63, 3.8) is 0 Å². The number of phenols is 1. The van der Waals surface area contributed by atoms with Gasteiger partial charge in [0.2, 0.25) is 0 Å². The molecule has 1 aromatic carbocycles. The van der Waals surface area contributed by atoms with Crippen LogP contribution in [0.4, 0.5) is 0 Å². The van der Waals surface area contributed by atoms with Crippen LogP contribution in [0.2, 0.25) is 0 Å². The van der Waals surface area contributed by atoms with E-state index in [9.17, 15) is 9.59 Å². The Morgan fingerprint density at radius 2 is 1.92 bits per heavy atom. The molecular formula is C9H8O3. The van der Waals surface area contributed by atoms with Crippen LogP contribution in [0, 0.1) is 6.92 Å². The van der Waals surface area contributed by atoms with Crippen LogP contribution >= 0.6 is 0 Å². The van der Waals surface area contributed by atoms with Crippen molar-refractivity contribution in [3.8, 4) is 5.75 Å². The summed E-state index contributed by atoms with van der Waals surface area (Å²) in [7, 11) is 0. The molecule has 1 N–H and O–H groups in total. The zero-order valence-corrected chi connectivity index (χ0v) is 6.57. The van der Waals surface area contributed by atoms with Gasteiger partial charge < -0.3 is 5.11 Å². The van der Waals surface area contributed by atoms with Crippen molar-refractivity contribution in [2.24, 2.45) is 0 Å². The summed E-state index contributed by atoms with van der Waals surface area (Å²) < 4.78 is 0. The van der Waals surface area contributed by atoms with E-state index in [-0.39, 0.29) is 11.3 Å². The minimum atomic E-state index is -0.0897. The van der Waals surface area contributed by atoms with Gasteiger partial charge in [0.25, 0.3) is 0 Å². The molecule has 0 saturated heterocycles. The number of rotatable bonds is 2. The molecule has 0 heterocycles. The first-order chi connectivity index (χ1) is 5.70. The Balaban J connectivity index is 3.43. The molecular weight excluding hydrogens is 156 g/mol. The molecule has 0 amide bonds. The van der Waals surface area contributed by atoms with Crippen molar-refractivity contribution < 1.29 is 14.7 Å². The van der Waals surface area contributed by atoms with Gasteiger partial charge in [0.05, 0.1) is 5.56 Å². The van der Waals surface area contributed by atoms with Gasteiger partial charge in [-0.1, -0.05) is 0 Å². The van der Waals surface area contributed by atoms with Crippen LogP contribution in [-0.2, 0) is 0 Å². The molecule has 0 aromatic heterocycles. The molecule has 62 valence electrons. The quantitative estimate of drug-likeness (QED) is 0.671. The lowest BCUT2D eigenvalue weighted by Gasteiger charge is -2.03. The Kier molecular flexibility index (Phi) is 2.24. The normalized spacial score (nSPS) is 9.42. The second-order valence-corrected chi connectivity index (χ2v) is 2.45. The highest BCUT2D eigenvalue weighted by Gasteiger charge is 2.06. The van der Waals surface area contributed by atoms with Crippen molar-refractivity contribution >= 4 is 12.6 Å². The van der Waals surface area contributed by atoms with Crippen LogP contribution in [-0.4, -0.2) is 17.7 Å². The van der Waals surface area contributed by atoms with Gasteiger partial charge in [-0.2, -0.15) is 0 Å². The second-order valence-electron chi connectivity index (χ2n) is 2.45. The SMILES string of the molecule is Cc1c(C=O)ccc(O)c1C=O. The highest BCUT2D eigenvalue weighted by atomic mass is 16.3. The molecule has 0 aliphatic heterocycles. The third kappa shape index (κ3) is 1.21. The third-order valence-electron chi connectivity index (χ3n) is 1.78. The van der Waals surface area contributed by atoms with E-state index in [0.29, 0.717) is 23.7 Å². The minimum Gasteiger partial charge on any atom is -0.507 e. The maximum atomic E-state index is 10.4. The molecule has 0 saturated carbocycles. The van der Waals surface area contributed by atoms with Crippen LogP contribution in [0.5, 0.6) is 5.75 Å². The monoisotopic (exact) mass is 164 g/mol. The van der Waals surface area contributed by atoms with Gasteiger partial charge in [-0.3, -0.25) is 9.59 Å². The number of aromatic hydroxyl groups is 1. The van der Waals surface area contributed by atoms with Gasteiger partial charge in [0, 0.05) is 5.56 Å². The molecule has 0 unspecified atom stereocenters. The summed E-state index contributed by atoms with van der Waals surface area (Å²) in [5.74, 6) is -0.0897. The molecule has 0 aliphatic rings. The van der Waals surface area contributed by atoms with E-state index in [2.05, 4.69) is 0 Å². The molecule has 0 bridgehead atoms. The molecule has 0 aliphatic carbocycles. The lowest BCUT2D eigenvalue weighted by molar-refractivity contribution is 0.112. The Bertz CT molecular complexity index is 329. The number of hydrogen-bond acceptors (Lipinski definition) is 3. The summed E-state index contributed by atoms with van der Waals surface area (Å²) in [6.45, 7) is 1.62. The summed E-state index contributed by atoms with van der Waals surface area (Å²) in [5, 5.41) is 9.16.